The Bertz CT molecular complexity index is 2580. The lowest BCUT2D eigenvalue weighted by Crippen LogP contribution is -2.56. The normalized spacial score (nSPS) is 26.7. The van der Waals surface area contributed by atoms with Crippen molar-refractivity contribution in [3.63, 3.8) is 0 Å². The van der Waals surface area contributed by atoms with Gasteiger partial charge in [0, 0.05) is 48.3 Å². The molecule has 11 heterocycles. The number of fused-ring (bicyclic) bond motifs is 8. The van der Waals surface area contributed by atoms with Gasteiger partial charge in [0.25, 0.3) is 0 Å². The van der Waals surface area contributed by atoms with Gasteiger partial charge in [0.15, 0.2) is 0 Å². The first-order valence-corrected chi connectivity index (χ1v) is 22.3. The average molecular weight is 831 g/mol. The number of hydrogen-bond donors (Lipinski definition) is 0. The van der Waals surface area contributed by atoms with Crippen LogP contribution in [0, 0.1) is 23.7 Å². The summed E-state index contributed by atoms with van der Waals surface area (Å²) in [5, 5.41) is 21.6. The Balaban J connectivity index is 0.940. The Morgan fingerprint density at radius 2 is 1.13 bits per heavy atom. The van der Waals surface area contributed by atoms with Crippen molar-refractivity contribution in [3.8, 4) is 32.6 Å². The first-order chi connectivity index (χ1) is 30.0. The topological polar surface area (TPSA) is 112 Å². The van der Waals surface area contributed by atoms with Gasteiger partial charge < -0.3 is 9.47 Å². The Morgan fingerprint density at radius 1 is 0.656 bits per heavy atom. The van der Waals surface area contributed by atoms with Crippen LogP contribution in [0.4, 0.5) is 0 Å². The molecule has 5 aromatic heterocycles. The van der Waals surface area contributed by atoms with E-state index in [2.05, 4.69) is 93.3 Å². The molecule has 0 spiro atoms. The molecule has 0 amide bonds. The highest BCUT2D eigenvalue weighted by Gasteiger charge is 2.45. The highest BCUT2D eigenvalue weighted by molar-refractivity contribution is 7.18. The molecular weight excluding hydrogens is 781 g/mol. The second-order valence-corrected chi connectivity index (χ2v) is 18.4. The molecule has 310 valence electrons. The van der Waals surface area contributed by atoms with E-state index in [4.69, 9.17) is 40.1 Å². The number of aromatic nitrogens is 8. The molecule has 6 aliphatic heterocycles. The predicted octanol–water partition coefficient (Wildman–Crippen LogP) is 8.35. The fourth-order valence-electron chi connectivity index (χ4n) is 11.2. The largest absolute Gasteiger partial charge is 0.497 e. The number of rotatable bonds is 12. The minimum Gasteiger partial charge on any atom is -0.497 e. The van der Waals surface area contributed by atoms with E-state index in [1.165, 1.54) is 24.0 Å². The maximum absolute atomic E-state index is 5.69. The van der Waals surface area contributed by atoms with Crippen LogP contribution in [0.3, 0.4) is 0 Å². The van der Waals surface area contributed by atoms with Crippen molar-refractivity contribution in [1.82, 2.24) is 49.8 Å². The quantitative estimate of drug-likeness (QED) is 0.111. The molecule has 8 unspecified atom stereocenters. The predicted molar refractivity (Wildman–Crippen MR) is 239 cm³/mol. The number of thiophene rings is 1. The zero-order valence-corrected chi connectivity index (χ0v) is 35.4. The summed E-state index contributed by atoms with van der Waals surface area (Å²) in [6, 6.07) is 21.2. The maximum Gasteiger partial charge on any atom is 0.123 e. The van der Waals surface area contributed by atoms with E-state index in [1.54, 1.807) is 25.6 Å². The fourth-order valence-corrected chi connectivity index (χ4v) is 12.1. The Hall–Kier alpha value is -5.76. The molecule has 0 radical (unpaired) electrons. The highest BCUT2D eigenvalue weighted by atomic mass is 32.1. The summed E-state index contributed by atoms with van der Waals surface area (Å²) < 4.78 is 15.6. The van der Waals surface area contributed by atoms with Crippen LogP contribution >= 0.6 is 11.3 Å². The smallest absolute Gasteiger partial charge is 0.123 e. The highest BCUT2D eigenvalue weighted by Crippen LogP contribution is 2.46. The molecule has 0 N–H and O–H groups in total. The number of benzene rings is 2. The molecule has 4 bridgehead atoms. The lowest BCUT2D eigenvalue weighted by molar-refractivity contribution is -0.000131. The SMILES string of the molecule is C=CC1CN2CCC1CC2[C@H](c1ccnc2ccc(OC)cc12)n1cc(-c2ccc(-c3cn([C@@H](c4ccnc5ccc(OC)cc45)C4CC5CCN4CC5C=C)nn3)s2)nn1. The van der Waals surface area contributed by atoms with Crippen LogP contribution in [0.1, 0.15) is 48.9 Å². The van der Waals surface area contributed by atoms with Crippen molar-refractivity contribution in [2.24, 2.45) is 23.7 Å². The van der Waals surface area contributed by atoms with Gasteiger partial charge in [0.05, 0.1) is 59.5 Å². The summed E-state index contributed by atoms with van der Waals surface area (Å²) in [4.78, 5) is 16.8. The van der Waals surface area contributed by atoms with E-state index >= 15 is 0 Å². The van der Waals surface area contributed by atoms with E-state index in [0.29, 0.717) is 23.7 Å². The first kappa shape index (κ1) is 38.2. The number of piperidine rings is 6. The number of pyridine rings is 2. The van der Waals surface area contributed by atoms with Gasteiger partial charge in [-0.1, -0.05) is 22.6 Å². The van der Waals surface area contributed by atoms with Crippen LogP contribution in [-0.2, 0) is 0 Å². The molecular formula is C48H50N10O2S. The molecule has 12 nitrogen and oxygen atoms in total. The van der Waals surface area contributed by atoms with Gasteiger partial charge in [0.1, 0.15) is 22.9 Å². The van der Waals surface area contributed by atoms with Gasteiger partial charge in [0.2, 0.25) is 0 Å². The number of hydrogen-bond acceptors (Lipinski definition) is 11. The molecule has 13 heteroatoms. The molecule has 2 aromatic carbocycles. The van der Waals surface area contributed by atoms with Crippen molar-refractivity contribution >= 4 is 33.1 Å². The summed E-state index contributed by atoms with van der Waals surface area (Å²) in [6.45, 7) is 12.5. The van der Waals surface area contributed by atoms with Gasteiger partial charge >= 0.3 is 0 Å². The molecule has 61 heavy (non-hydrogen) atoms. The van der Waals surface area contributed by atoms with Crippen LogP contribution < -0.4 is 9.47 Å². The monoisotopic (exact) mass is 830 g/mol. The van der Waals surface area contributed by atoms with Crippen molar-refractivity contribution in [3.05, 3.63) is 122 Å². The molecule has 0 saturated carbocycles. The Morgan fingerprint density at radius 3 is 1.54 bits per heavy atom. The van der Waals surface area contributed by atoms with E-state index in [-0.39, 0.29) is 24.2 Å². The van der Waals surface area contributed by atoms with Crippen LogP contribution in [0.25, 0.3) is 42.9 Å². The third kappa shape index (κ3) is 6.65. The summed E-state index contributed by atoms with van der Waals surface area (Å²) in [5.74, 6) is 3.84. The molecule has 0 aliphatic carbocycles. The Labute approximate surface area is 359 Å². The lowest BCUT2D eigenvalue weighted by Gasteiger charge is -2.51. The third-order valence-corrected chi connectivity index (χ3v) is 15.5. The zero-order valence-electron chi connectivity index (χ0n) is 34.6. The number of nitrogens with zero attached hydrogens (tertiary/aromatic N) is 10. The standard InChI is InChI=1S/C48H50N10O2S/c1-5-29-25-55-19-15-31(29)21-43(55)47(35-13-17-49-39-9-7-33(59-3)23-37(35)39)57-27-41(51-53-57)45-11-12-46(61-45)42-28-58(54-52-42)48(44-22-32-16-20-56(44)26-30(32)6-2)36-14-18-50-40-10-8-34(60-4)24-38(36)40/h5-14,17-18,23-24,27-32,43-44,47-48H,1-2,15-16,19-22,25-26H2,3-4H3/t29?,30?,31?,32?,43?,44?,47-,48-/m0/s1. The summed E-state index contributed by atoms with van der Waals surface area (Å²) >= 11 is 1.67. The van der Waals surface area contributed by atoms with E-state index in [0.717, 1.165) is 93.5 Å². The summed E-state index contributed by atoms with van der Waals surface area (Å²) in [7, 11) is 3.43. The van der Waals surface area contributed by atoms with Crippen molar-refractivity contribution in [1.29, 1.82) is 0 Å². The lowest BCUT2D eigenvalue weighted by atomic mass is 9.73. The second kappa shape index (κ2) is 15.6. The van der Waals surface area contributed by atoms with Crippen molar-refractivity contribution in [2.45, 2.75) is 49.9 Å². The zero-order chi connectivity index (χ0) is 41.2. The minimum atomic E-state index is -0.0690. The summed E-state index contributed by atoms with van der Waals surface area (Å²) in [6.07, 6.45) is 16.9. The van der Waals surface area contributed by atoms with E-state index in [9.17, 15) is 0 Å². The van der Waals surface area contributed by atoms with Crippen molar-refractivity contribution < 1.29 is 9.47 Å². The van der Waals surface area contributed by atoms with Crippen LogP contribution in [-0.4, -0.2) is 102 Å². The maximum atomic E-state index is 5.69. The molecule has 6 aliphatic rings. The first-order valence-electron chi connectivity index (χ1n) is 21.5. The van der Waals surface area contributed by atoms with Crippen LogP contribution in [0.2, 0.25) is 0 Å². The number of ether oxygens (including phenoxy) is 2. The van der Waals surface area contributed by atoms with Gasteiger partial charge in [-0.15, -0.1) is 34.7 Å². The van der Waals surface area contributed by atoms with E-state index < -0.39 is 0 Å². The van der Waals surface area contributed by atoms with Crippen LogP contribution in [0.15, 0.2) is 111 Å². The van der Waals surface area contributed by atoms with Gasteiger partial charge in [-0.2, -0.15) is 0 Å². The minimum absolute atomic E-state index is 0.0690. The summed E-state index contributed by atoms with van der Waals surface area (Å²) in [5.41, 5.74) is 5.90. The fraction of sp³-hybridized carbons (Fsp3) is 0.375. The number of methoxy groups -OCH3 is 2. The van der Waals surface area contributed by atoms with E-state index in [1.807, 2.05) is 36.7 Å². The Kier molecular flexibility index (Phi) is 9.77. The molecule has 6 fully saturated rings. The van der Waals surface area contributed by atoms with Gasteiger partial charge in [-0.25, -0.2) is 9.36 Å². The van der Waals surface area contributed by atoms with Gasteiger partial charge in [-0.05, 0) is 134 Å². The average Bonchev–Trinajstić information content (AvgIpc) is 4.12. The van der Waals surface area contributed by atoms with Crippen molar-refractivity contribution in [2.75, 3.05) is 40.4 Å². The molecule has 13 rings (SSSR count). The third-order valence-electron chi connectivity index (χ3n) is 14.3. The molecule has 7 aromatic rings. The van der Waals surface area contributed by atoms with Gasteiger partial charge in [-0.3, -0.25) is 19.8 Å². The second-order valence-electron chi connectivity index (χ2n) is 17.3. The molecule has 6 saturated heterocycles. The molecule has 10 atom stereocenters. The van der Waals surface area contributed by atoms with Crippen LogP contribution in [0.5, 0.6) is 11.5 Å².